The molecule has 2 aromatic rings. The summed E-state index contributed by atoms with van der Waals surface area (Å²) < 4.78 is 52.7. The molecular weight excluding hydrogens is 515 g/mol. The van der Waals surface area contributed by atoms with Gasteiger partial charge in [-0.05, 0) is 11.5 Å². The Morgan fingerprint density at radius 1 is 0.969 bits per heavy atom. The zero-order valence-corrected chi connectivity index (χ0v) is 19.2. The zero-order valence-electron chi connectivity index (χ0n) is 15.7. The maximum Gasteiger partial charge on any atom is 0.490 e. The van der Waals surface area contributed by atoms with E-state index in [0.29, 0.717) is 5.39 Å². The number of phosphoric acid groups is 3. The van der Waals surface area contributed by atoms with E-state index >= 15 is 0 Å². The van der Waals surface area contributed by atoms with Crippen molar-refractivity contribution < 1.29 is 61.4 Å². The number of phosphoric ester groups is 1. The topological polar surface area (TPSA) is 214 Å². The molecule has 18 heteroatoms. The largest absolute Gasteiger partial charge is 0.490 e. The van der Waals surface area contributed by atoms with E-state index in [2.05, 4.69) is 13.1 Å². The van der Waals surface area contributed by atoms with Gasteiger partial charge in [0.15, 0.2) is 6.23 Å². The molecule has 1 aromatic heterocycles. The summed E-state index contributed by atoms with van der Waals surface area (Å²) in [5.74, 6) is 0. The average Bonchev–Trinajstić information content (AvgIpc) is 2.92. The Hall–Kier alpha value is -0.860. The molecule has 3 rings (SSSR count). The molecule has 6 atom stereocenters. The number of nitrogens with zero attached hydrogens (tertiary/aromatic N) is 1. The average molecular weight is 533 g/mol. The molecule has 0 amide bonds. The SMILES string of the molecule is O=P(O)(O)OP(=O)(O)OP(=O)(O)OC[C@H]1O[C@@H](n2ccc3ccccc3c2=S)[C@H](O)[C@@H]1O. The van der Waals surface area contributed by atoms with Gasteiger partial charge in [0, 0.05) is 11.6 Å². The Morgan fingerprint density at radius 3 is 2.28 bits per heavy atom. The van der Waals surface area contributed by atoms with Crippen LogP contribution in [0, 0.1) is 4.64 Å². The van der Waals surface area contributed by atoms with Crippen LogP contribution in [0.4, 0.5) is 0 Å². The first-order valence-electron chi connectivity index (χ1n) is 8.59. The van der Waals surface area contributed by atoms with Gasteiger partial charge in [-0.25, -0.2) is 13.7 Å². The molecule has 1 saturated heterocycles. The predicted molar refractivity (Wildman–Crippen MR) is 109 cm³/mol. The number of rotatable bonds is 8. The molecular formula is C14H18NO13P3S. The molecule has 32 heavy (non-hydrogen) atoms. The van der Waals surface area contributed by atoms with Gasteiger partial charge in [0.25, 0.3) is 0 Å². The Bertz CT molecular complexity index is 1200. The van der Waals surface area contributed by atoms with Gasteiger partial charge in [-0.2, -0.15) is 8.62 Å². The second kappa shape index (κ2) is 9.41. The van der Waals surface area contributed by atoms with Gasteiger partial charge in [-0.3, -0.25) is 4.52 Å². The van der Waals surface area contributed by atoms with Crippen LogP contribution in [-0.4, -0.2) is 59.3 Å². The molecule has 1 aliphatic heterocycles. The third-order valence-corrected chi connectivity index (χ3v) is 8.50. The van der Waals surface area contributed by atoms with Crippen molar-refractivity contribution in [3.63, 3.8) is 0 Å². The molecule has 0 spiro atoms. The lowest BCUT2D eigenvalue weighted by Crippen LogP contribution is -2.33. The molecule has 1 aromatic carbocycles. The van der Waals surface area contributed by atoms with E-state index in [1.54, 1.807) is 18.2 Å². The molecule has 0 aliphatic carbocycles. The third-order valence-electron chi connectivity index (χ3n) is 4.27. The van der Waals surface area contributed by atoms with Gasteiger partial charge < -0.3 is 39.1 Å². The summed E-state index contributed by atoms with van der Waals surface area (Å²) in [5, 5.41) is 22.1. The first-order valence-corrected chi connectivity index (χ1v) is 13.5. The summed E-state index contributed by atoms with van der Waals surface area (Å²) in [4.78, 5) is 35.7. The summed E-state index contributed by atoms with van der Waals surface area (Å²) >= 11 is 5.41. The number of aliphatic hydroxyl groups is 2. The molecule has 0 radical (unpaired) electrons. The highest BCUT2D eigenvalue weighted by Gasteiger charge is 2.46. The standard InChI is InChI=1S/C14H18NO13P3S/c16-11-10(7-25-30(21,22)28-31(23,24)27-29(18,19)20)26-13(12(11)17)15-6-5-8-3-1-2-4-9(8)14(15)32/h1-6,10-13,16-17H,7H2,(H,21,22)(H,23,24)(H2,18,19,20)/t10-,11-,12-,13-/m1/s1. The quantitative estimate of drug-likeness (QED) is 0.209. The third kappa shape index (κ3) is 6.17. The van der Waals surface area contributed by atoms with E-state index in [9.17, 15) is 28.8 Å². The summed E-state index contributed by atoms with van der Waals surface area (Å²) in [7, 11) is -16.6. The highest BCUT2D eigenvalue weighted by Crippen LogP contribution is 2.66. The first-order chi connectivity index (χ1) is 14.7. The molecule has 6 N–H and O–H groups in total. The van der Waals surface area contributed by atoms with Crippen molar-refractivity contribution in [3.8, 4) is 0 Å². The number of hydrogen-bond donors (Lipinski definition) is 6. The Labute approximate surface area is 185 Å². The van der Waals surface area contributed by atoms with Gasteiger partial charge >= 0.3 is 23.5 Å². The molecule has 1 fully saturated rings. The Morgan fingerprint density at radius 2 is 1.62 bits per heavy atom. The maximum absolute atomic E-state index is 11.8. The van der Waals surface area contributed by atoms with Gasteiger partial charge in [0.1, 0.15) is 23.0 Å². The predicted octanol–water partition coefficient (Wildman–Crippen LogP) is 1.33. The van der Waals surface area contributed by atoms with Crippen LogP contribution in [0.3, 0.4) is 0 Å². The number of benzene rings is 1. The Kier molecular flexibility index (Phi) is 7.58. The van der Waals surface area contributed by atoms with Crippen molar-refractivity contribution in [2.45, 2.75) is 24.5 Å². The van der Waals surface area contributed by atoms with Crippen LogP contribution in [0.5, 0.6) is 0 Å². The lowest BCUT2D eigenvalue weighted by molar-refractivity contribution is -0.0525. The highest BCUT2D eigenvalue weighted by atomic mass is 32.1. The fourth-order valence-electron chi connectivity index (χ4n) is 2.97. The van der Waals surface area contributed by atoms with Crippen LogP contribution < -0.4 is 0 Å². The molecule has 2 heterocycles. The number of pyridine rings is 1. The van der Waals surface area contributed by atoms with Crippen LogP contribution in [0.1, 0.15) is 6.23 Å². The minimum absolute atomic E-state index is 0.285. The number of fused-ring (bicyclic) bond motifs is 1. The van der Waals surface area contributed by atoms with Crippen LogP contribution in [0.2, 0.25) is 0 Å². The van der Waals surface area contributed by atoms with Gasteiger partial charge in [-0.15, -0.1) is 0 Å². The van der Waals surface area contributed by atoms with Crippen molar-refractivity contribution in [3.05, 3.63) is 41.2 Å². The Balaban J connectivity index is 1.71. The van der Waals surface area contributed by atoms with Crippen LogP contribution in [-0.2, 0) is 31.6 Å². The summed E-state index contributed by atoms with van der Waals surface area (Å²) in [6.07, 6.45) is -4.24. The minimum atomic E-state index is -5.69. The molecule has 0 bridgehead atoms. The molecule has 2 unspecified atom stereocenters. The maximum atomic E-state index is 11.8. The lowest BCUT2D eigenvalue weighted by Gasteiger charge is -2.20. The fourth-order valence-corrected chi connectivity index (χ4v) is 6.35. The minimum Gasteiger partial charge on any atom is -0.387 e. The van der Waals surface area contributed by atoms with Crippen LogP contribution in [0.25, 0.3) is 10.8 Å². The fraction of sp³-hybridized carbons (Fsp3) is 0.357. The normalized spacial score (nSPS) is 27.8. The van der Waals surface area contributed by atoms with E-state index in [0.717, 1.165) is 5.39 Å². The number of hydrogen-bond acceptors (Lipinski definition) is 10. The highest BCUT2D eigenvalue weighted by molar-refractivity contribution is 7.71. The number of aromatic nitrogens is 1. The van der Waals surface area contributed by atoms with Crippen molar-refractivity contribution in [1.29, 1.82) is 0 Å². The zero-order chi connectivity index (χ0) is 23.9. The molecule has 14 nitrogen and oxygen atoms in total. The van der Waals surface area contributed by atoms with Crippen molar-refractivity contribution in [2.75, 3.05) is 6.61 Å². The van der Waals surface area contributed by atoms with E-state index in [1.165, 1.54) is 10.8 Å². The number of aliphatic hydroxyl groups excluding tert-OH is 2. The summed E-state index contributed by atoms with van der Waals surface area (Å²) in [6.45, 7) is -0.917. The van der Waals surface area contributed by atoms with E-state index in [-0.39, 0.29) is 4.64 Å². The lowest BCUT2D eigenvalue weighted by atomic mass is 10.1. The number of ether oxygens (including phenoxy) is 1. The van der Waals surface area contributed by atoms with Crippen molar-refractivity contribution in [1.82, 2.24) is 4.57 Å². The molecule has 178 valence electrons. The summed E-state index contributed by atoms with van der Waals surface area (Å²) in [5.41, 5.74) is 0. The van der Waals surface area contributed by atoms with Gasteiger partial charge in [-0.1, -0.05) is 36.5 Å². The second-order valence-electron chi connectivity index (χ2n) is 6.55. The van der Waals surface area contributed by atoms with E-state index < -0.39 is 54.6 Å². The van der Waals surface area contributed by atoms with Crippen molar-refractivity contribution in [2.24, 2.45) is 0 Å². The van der Waals surface area contributed by atoms with E-state index in [4.69, 9.17) is 31.6 Å². The molecule has 1 aliphatic rings. The van der Waals surface area contributed by atoms with Crippen molar-refractivity contribution >= 4 is 46.5 Å². The van der Waals surface area contributed by atoms with Crippen LogP contribution >= 0.6 is 35.7 Å². The van der Waals surface area contributed by atoms with Gasteiger partial charge in [0.2, 0.25) is 0 Å². The smallest absolute Gasteiger partial charge is 0.387 e. The van der Waals surface area contributed by atoms with Gasteiger partial charge in [0.05, 0.1) is 6.61 Å². The molecule has 0 saturated carbocycles. The summed E-state index contributed by atoms with van der Waals surface area (Å²) in [6, 6.07) is 8.84. The first kappa shape index (κ1) is 25.8. The van der Waals surface area contributed by atoms with Crippen LogP contribution in [0.15, 0.2) is 36.5 Å². The second-order valence-corrected chi connectivity index (χ2v) is 11.4. The monoisotopic (exact) mass is 533 g/mol. The van der Waals surface area contributed by atoms with E-state index in [1.807, 2.05) is 12.1 Å².